The smallest absolute Gasteiger partial charge is 0.416 e. The van der Waals surface area contributed by atoms with Crippen LogP contribution < -0.4 is 0 Å². The fourth-order valence-corrected chi connectivity index (χ4v) is 3.36. The maximum absolute atomic E-state index is 13.1. The number of nitrogens with zero attached hydrogens (tertiary/aromatic N) is 1. The second-order valence-electron chi connectivity index (χ2n) is 6.50. The number of carbonyl (C=O) groups is 2. The molecule has 0 unspecified atom stereocenters. The first kappa shape index (κ1) is 18.1. The van der Waals surface area contributed by atoms with Crippen LogP contribution in [0.15, 0.2) is 60.7 Å². The molecular weight excluding hydrogens is 330 g/mol. The van der Waals surface area contributed by atoms with Crippen LogP contribution in [0.2, 0.25) is 0 Å². The molecule has 1 aliphatic heterocycles. The van der Waals surface area contributed by atoms with E-state index in [-0.39, 0.29) is 18.6 Å². The Morgan fingerprint density at radius 3 is 2.38 bits per heavy atom. The van der Waals surface area contributed by atoms with Crippen LogP contribution in [0.25, 0.3) is 0 Å². The molecule has 2 aromatic carbocycles. The zero-order valence-electron chi connectivity index (χ0n) is 14.7. The van der Waals surface area contributed by atoms with Gasteiger partial charge >= 0.3 is 6.09 Å². The van der Waals surface area contributed by atoms with E-state index < -0.39 is 18.1 Å². The van der Waals surface area contributed by atoms with Crippen LogP contribution in [-0.4, -0.2) is 34.7 Å². The molecule has 1 heterocycles. The van der Waals surface area contributed by atoms with Gasteiger partial charge in [-0.15, -0.1) is 0 Å². The van der Waals surface area contributed by atoms with Gasteiger partial charge < -0.3 is 9.84 Å². The van der Waals surface area contributed by atoms with Crippen molar-refractivity contribution >= 4 is 12.0 Å². The monoisotopic (exact) mass is 353 g/mol. The predicted octanol–water partition coefficient (Wildman–Crippen LogP) is 3.34. The molecule has 0 aliphatic carbocycles. The highest BCUT2D eigenvalue weighted by atomic mass is 16.6. The molecule has 2 aromatic rings. The lowest BCUT2D eigenvalue weighted by atomic mass is 9.91. The van der Waals surface area contributed by atoms with Gasteiger partial charge in [-0.1, -0.05) is 67.6 Å². The third-order valence-electron chi connectivity index (χ3n) is 4.79. The van der Waals surface area contributed by atoms with Gasteiger partial charge in [-0.25, -0.2) is 9.69 Å². The first-order valence-corrected chi connectivity index (χ1v) is 8.88. The second kappa shape index (κ2) is 8.15. The number of hydrogen-bond donors (Lipinski definition) is 1. The van der Waals surface area contributed by atoms with Gasteiger partial charge in [0.25, 0.3) is 0 Å². The molecule has 0 aromatic heterocycles. The molecule has 0 bridgehead atoms. The third kappa shape index (κ3) is 3.78. The maximum Gasteiger partial charge on any atom is 0.416 e. The van der Waals surface area contributed by atoms with Gasteiger partial charge in [0, 0.05) is 0 Å². The second-order valence-corrected chi connectivity index (χ2v) is 6.50. The van der Waals surface area contributed by atoms with Crippen molar-refractivity contribution < 1.29 is 19.4 Å². The fourth-order valence-electron chi connectivity index (χ4n) is 3.36. The van der Waals surface area contributed by atoms with Crippen molar-refractivity contribution in [3.8, 4) is 0 Å². The van der Waals surface area contributed by atoms with Crippen LogP contribution >= 0.6 is 0 Å². The predicted molar refractivity (Wildman–Crippen MR) is 97.3 cm³/mol. The van der Waals surface area contributed by atoms with Crippen molar-refractivity contribution in [2.45, 2.75) is 31.9 Å². The average molecular weight is 353 g/mol. The Morgan fingerprint density at radius 2 is 1.77 bits per heavy atom. The number of aliphatic hydroxyl groups excluding tert-OH is 1. The van der Waals surface area contributed by atoms with E-state index in [2.05, 4.69) is 0 Å². The molecular formula is C21H23NO4. The summed E-state index contributed by atoms with van der Waals surface area (Å²) in [7, 11) is 0. The number of hydrogen-bond acceptors (Lipinski definition) is 4. The van der Waals surface area contributed by atoms with E-state index in [4.69, 9.17) is 4.74 Å². The third-order valence-corrected chi connectivity index (χ3v) is 4.79. The summed E-state index contributed by atoms with van der Waals surface area (Å²) < 4.78 is 5.14. The molecule has 26 heavy (non-hydrogen) atoms. The minimum Gasteiger partial charge on any atom is -0.447 e. The Morgan fingerprint density at radius 1 is 1.15 bits per heavy atom. The molecule has 1 N–H and O–H groups in total. The summed E-state index contributed by atoms with van der Waals surface area (Å²) in [6.45, 7) is 2.01. The van der Waals surface area contributed by atoms with Crippen LogP contribution in [0.4, 0.5) is 4.79 Å². The first-order chi connectivity index (χ1) is 12.6. The summed E-state index contributed by atoms with van der Waals surface area (Å²) in [6, 6.07) is 18.4. The van der Waals surface area contributed by atoms with Crippen LogP contribution in [0.1, 0.15) is 30.6 Å². The number of imide groups is 1. The van der Waals surface area contributed by atoms with Crippen LogP contribution in [0.5, 0.6) is 0 Å². The minimum atomic E-state index is -0.959. The van der Waals surface area contributed by atoms with E-state index in [0.29, 0.717) is 18.4 Å². The normalized spacial score (nSPS) is 19.1. The van der Waals surface area contributed by atoms with Crippen LogP contribution in [0, 0.1) is 5.92 Å². The highest BCUT2D eigenvalue weighted by molar-refractivity contribution is 5.95. The van der Waals surface area contributed by atoms with Gasteiger partial charge in [0.15, 0.2) is 0 Å². The first-order valence-electron chi connectivity index (χ1n) is 8.88. The summed E-state index contributed by atoms with van der Waals surface area (Å²) in [4.78, 5) is 26.5. The van der Waals surface area contributed by atoms with Crippen LogP contribution in [-0.2, 0) is 16.0 Å². The number of amides is 2. The lowest BCUT2D eigenvalue weighted by molar-refractivity contribution is -0.137. The quantitative estimate of drug-likeness (QED) is 0.865. The highest BCUT2D eigenvalue weighted by Gasteiger charge is 2.42. The van der Waals surface area contributed by atoms with Gasteiger partial charge in [0.1, 0.15) is 6.61 Å². The summed E-state index contributed by atoms with van der Waals surface area (Å²) in [5.41, 5.74) is 1.70. The topological polar surface area (TPSA) is 66.8 Å². The molecule has 1 aliphatic rings. The molecule has 5 heteroatoms. The fraction of sp³-hybridized carbons (Fsp3) is 0.333. The van der Waals surface area contributed by atoms with Crippen LogP contribution in [0.3, 0.4) is 0 Å². The van der Waals surface area contributed by atoms with Crippen molar-refractivity contribution in [1.82, 2.24) is 4.90 Å². The van der Waals surface area contributed by atoms with Crippen molar-refractivity contribution in [2.24, 2.45) is 5.92 Å². The molecule has 2 amide bonds. The summed E-state index contributed by atoms with van der Waals surface area (Å²) >= 11 is 0. The zero-order valence-corrected chi connectivity index (χ0v) is 14.7. The molecule has 1 saturated heterocycles. The molecule has 0 radical (unpaired) electrons. The number of cyclic esters (lactones) is 1. The van der Waals surface area contributed by atoms with Crippen molar-refractivity contribution in [3.63, 3.8) is 0 Å². The summed E-state index contributed by atoms with van der Waals surface area (Å²) in [6.07, 6.45) is -0.624. The van der Waals surface area contributed by atoms with Crippen molar-refractivity contribution in [1.29, 1.82) is 0 Å². The minimum absolute atomic E-state index is 0.178. The highest BCUT2D eigenvalue weighted by Crippen LogP contribution is 2.29. The van der Waals surface area contributed by atoms with E-state index in [1.54, 1.807) is 12.1 Å². The summed E-state index contributed by atoms with van der Waals surface area (Å²) in [5, 5.41) is 10.7. The zero-order chi connectivity index (χ0) is 18.5. The molecule has 0 spiro atoms. The van der Waals surface area contributed by atoms with E-state index in [9.17, 15) is 14.7 Å². The summed E-state index contributed by atoms with van der Waals surface area (Å²) in [5.74, 6) is -1.08. The lowest BCUT2D eigenvalue weighted by Crippen LogP contribution is -2.44. The Labute approximate surface area is 153 Å². The van der Waals surface area contributed by atoms with Gasteiger partial charge in [0.05, 0.1) is 18.1 Å². The maximum atomic E-state index is 13.1. The van der Waals surface area contributed by atoms with E-state index in [1.165, 1.54) is 4.90 Å². The number of benzene rings is 2. The standard InChI is InChI=1S/C21H23NO4/c1-2-18(19(23)16-11-7-4-8-12-16)20(24)22-17(14-26-21(22)25)13-15-9-5-3-6-10-15/h3-12,17-19,23H,2,13-14H2,1H3/t17-,18+,19+/m0/s1. The Balaban J connectivity index is 1.79. The average Bonchev–Trinajstić information content (AvgIpc) is 3.03. The molecule has 3 atom stereocenters. The molecule has 136 valence electrons. The Hall–Kier alpha value is -2.66. The van der Waals surface area contributed by atoms with E-state index in [1.807, 2.05) is 55.5 Å². The van der Waals surface area contributed by atoms with Gasteiger partial charge in [-0.3, -0.25) is 4.79 Å². The SMILES string of the molecule is CC[C@@H](C(=O)N1C(=O)OC[C@@H]1Cc1ccccc1)[C@H](O)c1ccccc1. The Kier molecular flexibility index (Phi) is 5.68. The largest absolute Gasteiger partial charge is 0.447 e. The van der Waals surface area contributed by atoms with Crippen molar-refractivity contribution in [2.75, 3.05) is 6.61 Å². The lowest BCUT2D eigenvalue weighted by Gasteiger charge is -2.27. The number of rotatable bonds is 6. The molecule has 0 saturated carbocycles. The molecule has 1 fully saturated rings. The molecule has 3 rings (SSSR count). The van der Waals surface area contributed by atoms with Gasteiger partial charge in [0.2, 0.25) is 5.91 Å². The van der Waals surface area contributed by atoms with Crippen molar-refractivity contribution in [3.05, 3.63) is 71.8 Å². The van der Waals surface area contributed by atoms with E-state index in [0.717, 1.165) is 5.56 Å². The van der Waals surface area contributed by atoms with Gasteiger partial charge in [-0.2, -0.15) is 0 Å². The van der Waals surface area contributed by atoms with Gasteiger partial charge in [-0.05, 0) is 24.0 Å². The van der Waals surface area contributed by atoms with E-state index >= 15 is 0 Å². The Bertz CT molecular complexity index is 747. The number of aliphatic hydroxyl groups is 1. The number of ether oxygens (including phenoxy) is 1. The number of carbonyl (C=O) groups excluding carboxylic acids is 2. The molecule has 5 nitrogen and oxygen atoms in total.